The number of nitrogens with one attached hydrogen (secondary N) is 1. The Hall–Kier alpha value is -1.13. The summed E-state index contributed by atoms with van der Waals surface area (Å²) in [4.78, 5) is 0. The van der Waals surface area contributed by atoms with Crippen LogP contribution in [0.3, 0.4) is 0 Å². The van der Waals surface area contributed by atoms with E-state index in [1.165, 1.54) is 16.8 Å². The summed E-state index contributed by atoms with van der Waals surface area (Å²) in [5, 5.41) is 7.87. The average Bonchev–Trinajstić information content (AvgIpc) is 2.75. The molecule has 0 bridgehead atoms. The van der Waals surface area contributed by atoms with Gasteiger partial charge in [0.15, 0.2) is 0 Å². The molecule has 0 aliphatic heterocycles. The zero-order chi connectivity index (χ0) is 13.8. The highest BCUT2D eigenvalue weighted by Gasteiger charge is 2.21. The minimum atomic E-state index is 0.157. The lowest BCUT2D eigenvalue weighted by atomic mass is 9.99. The summed E-state index contributed by atoms with van der Waals surface area (Å²) in [5.74, 6) is 0. The fourth-order valence-corrected chi connectivity index (χ4v) is 2.92. The minimum absolute atomic E-state index is 0.157. The van der Waals surface area contributed by atoms with Crippen LogP contribution in [0, 0.1) is 6.92 Å². The Morgan fingerprint density at radius 1 is 1.37 bits per heavy atom. The van der Waals surface area contributed by atoms with Gasteiger partial charge >= 0.3 is 0 Å². The molecule has 3 nitrogen and oxygen atoms in total. The summed E-state index contributed by atoms with van der Waals surface area (Å²) in [6, 6.07) is 8.63. The van der Waals surface area contributed by atoms with Crippen LogP contribution in [0.4, 0.5) is 0 Å². The first-order chi connectivity index (χ1) is 9.19. The quantitative estimate of drug-likeness (QED) is 0.910. The van der Waals surface area contributed by atoms with Gasteiger partial charge in [0.25, 0.3) is 0 Å². The highest BCUT2D eigenvalue weighted by Crippen LogP contribution is 2.30. The van der Waals surface area contributed by atoms with Crippen molar-refractivity contribution in [3.8, 4) is 0 Å². The van der Waals surface area contributed by atoms with Crippen molar-refractivity contribution >= 4 is 15.9 Å². The summed E-state index contributed by atoms with van der Waals surface area (Å²) in [5.41, 5.74) is 3.78. The molecular formula is C15H20BrN3. The third kappa shape index (κ3) is 2.90. The maximum atomic E-state index is 4.46. The first-order valence-corrected chi connectivity index (χ1v) is 7.42. The molecule has 1 atom stereocenters. The predicted octanol–water partition coefficient (Wildman–Crippen LogP) is 3.67. The lowest BCUT2D eigenvalue weighted by molar-refractivity contribution is 0.532. The Labute approximate surface area is 123 Å². The van der Waals surface area contributed by atoms with Crippen molar-refractivity contribution in [1.82, 2.24) is 15.1 Å². The Kier molecular flexibility index (Phi) is 4.77. The van der Waals surface area contributed by atoms with E-state index in [1.54, 1.807) is 0 Å². The third-order valence-electron chi connectivity index (χ3n) is 3.33. The lowest BCUT2D eigenvalue weighted by Gasteiger charge is -2.21. The molecule has 0 saturated carbocycles. The van der Waals surface area contributed by atoms with Crippen LogP contribution in [0.25, 0.3) is 0 Å². The monoisotopic (exact) mass is 321 g/mol. The molecular weight excluding hydrogens is 302 g/mol. The van der Waals surface area contributed by atoms with Crippen LogP contribution in [-0.2, 0) is 6.54 Å². The molecule has 0 fully saturated rings. The number of nitrogens with zero attached hydrogens (tertiary/aromatic N) is 2. The van der Waals surface area contributed by atoms with Gasteiger partial charge in [-0.25, -0.2) is 0 Å². The Morgan fingerprint density at radius 2 is 2.11 bits per heavy atom. The van der Waals surface area contributed by atoms with E-state index < -0.39 is 0 Å². The van der Waals surface area contributed by atoms with Gasteiger partial charge in [-0.15, -0.1) is 0 Å². The van der Waals surface area contributed by atoms with Gasteiger partial charge < -0.3 is 5.32 Å². The second-order valence-electron chi connectivity index (χ2n) is 4.68. The fraction of sp³-hybridized carbons (Fsp3) is 0.400. The molecule has 1 heterocycles. The molecule has 1 aromatic heterocycles. The van der Waals surface area contributed by atoms with E-state index in [-0.39, 0.29) is 6.04 Å². The first kappa shape index (κ1) is 14.3. The van der Waals surface area contributed by atoms with Crippen LogP contribution < -0.4 is 5.32 Å². The third-order valence-corrected chi connectivity index (χ3v) is 3.94. The van der Waals surface area contributed by atoms with Crippen molar-refractivity contribution < 1.29 is 0 Å². The van der Waals surface area contributed by atoms with E-state index in [0.717, 1.165) is 17.4 Å². The zero-order valence-corrected chi connectivity index (χ0v) is 13.2. The molecule has 2 aromatic rings. The molecule has 0 aliphatic rings. The SMILES string of the molecule is CCCn1ncc(Br)c1C(NC)c1ccccc1C. The van der Waals surface area contributed by atoms with E-state index in [1.807, 2.05) is 13.2 Å². The van der Waals surface area contributed by atoms with Gasteiger partial charge in [0.1, 0.15) is 0 Å². The molecule has 1 unspecified atom stereocenters. The maximum Gasteiger partial charge on any atom is 0.0760 e. The molecule has 0 amide bonds. The van der Waals surface area contributed by atoms with Crippen molar-refractivity contribution in [2.75, 3.05) is 7.05 Å². The van der Waals surface area contributed by atoms with Crippen LogP contribution >= 0.6 is 15.9 Å². The molecule has 0 spiro atoms. The van der Waals surface area contributed by atoms with Gasteiger partial charge in [0, 0.05) is 6.54 Å². The van der Waals surface area contributed by atoms with Gasteiger partial charge in [-0.05, 0) is 47.4 Å². The molecule has 4 heteroatoms. The van der Waals surface area contributed by atoms with Crippen LogP contribution in [-0.4, -0.2) is 16.8 Å². The number of rotatable bonds is 5. The highest BCUT2D eigenvalue weighted by molar-refractivity contribution is 9.10. The number of benzene rings is 1. The number of halogens is 1. The first-order valence-electron chi connectivity index (χ1n) is 6.63. The second kappa shape index (κ2) is 6.35. The van der Waals surface area contributed by atoms with Crippen LogP contribution in [0.1, 0.15) is 36.2 Å². The van der Waals surface area contributed by atoms with E-state index in [0.29, 0.717) is 0 Å². The largest absolute Gasteiger partial charge is 0.308 e. The second-order valence-corrected chi connectivity index (χ2v) is 5.53. The van der Waals surface area contributed by atoms with Crippen molar-refractivity contribution in [2.24, 2.45) is 0 Å². The van der Waals surface area contributed by atoms with Crippen molar-refractivity contribution in [1.29, 1.82) is 0 Å². The number of hydrogen-bond donors (Lipinski definition) is 1. The van der Waals surface area contributed by atoms with E-state index in [9.17, 15) is 0 Å². The number of aryl methyl sites for hydroxylation is 2. The Balaban J connectivity index is 2.48. The minimum Gasteiger partial charge on any atom is -0.308 e. The van der Waals surface area contributed by atoms with E-state index in [4.69, 9.17) is 0 Å². The van der Waals surface area contributed by atoms with Gasteiger partial charge in [-0.1, -0.05) is 31.2 Å². The lowest BCUT2D eigenvalue weighted by Crippen LogP contribution is -2.23. The van der Waals surface area contributed by atoms with E-state index >= 15 is 0 Å². The molecule has 19 heavy (non-hydrogen) atoms. The van der Waals surface area contributed by atoms with Crippen LogP contribution in [0.15, 0.2) is 34.9 Å². The number of aromatic nitrogens is 2. The summed E-state index contributed by atoms with van der Waals surface area (Å²) >= 11 is 3.63. The normalized spacial score (nSPS) is 12.6. The maximum absolute atomic E-state index is 4.46. The number of hydrogen-bond acceptors (Lipinski definition) is 2. The topological polar surface area (TPSA) is 29.9 Å². The summed E-state index contributed by atoms with van der Waals surface area (Å²) in [6.45, 7) is 5.25. The predicted molar refractivity (Wildman–Crippen MR) is 82.3 cm³/mol. The Morgan fingerprint density at radius 3 is 2.74 bits per heavy atom. The summed E-state index contributed by atoms with van der Waals surface area (Å²) in [6.07, 6.45) is 2.96. The highest BCUT2D eigenvalue weighted by atomic mass is 79.9. The van der Waals surface area contributed by atoms with Gasteiger partial charge in [-0.2, -0.15) is 5.10 Å². The van der Waals surface area contributed by atoms with Crippen LogP contribution in [0.2, 0.25) is 0 Å². The standard InChI is InChI=1S/C15H20BrN3/c1-4-9-19-15(13(16)10-18-19)14(17-3)12-8-6-5-7-11(12)2/h5-8,10,14,17H,4,9H2,1-3H3. The smallest absolute Gasteiger partial charge is 0.0760 e. The van der Waals surface area contributed by atoms with E-state index in [2.05, 4.69) is 69.1 Å². The van der Waals surface area contributed by atoms with Gasteiger partial charge in [0.05, 0.1) is 22.4 Å². The van der Waals surface area contributed by atoms with Gasteiger partial charge in [0.2, 0.25) is 0 Å². The molecule has 1 aromatic carbocycles. The van der Waals surface area contributed by atoms with Crippen LogP contribution in [0.5, 0.6) is 0 Å². The average molecular weight is 322 g/mol. The molecule has 1 N–H and O–H groups in total. The molecule has 0 radical (unpaired) electrons. The zero-order valence-electron chi connectivity index (χ0n) is 11.7. The summed E-state index contributed by atoms with van der Waals surface area (Å²) in [7, 11) is 1.99. The fourth-order valence-electron chi connectivity index (χ4n) is 2.40. The summed E-state index contributed by atoms with van der Waals surface area (Å²) < 4.78 is 3.14. The van der Waals surface area contributed by atoms with Crippen molar-refractivity contribution in [3.05, 3.63) is 51.8 Å². The molecule has 0 saturated heterocycles. The van der Waals surface area contributed by atoms with Gasteiger partial charge in [-0.3, -0.25) is 4.68 Å². The van der Waals surface area contributed by atoms with Crippen molar-refractivity contribution in [3.63, 3.8) is 0 Å². The molecule has 0 aliphatic carbocycles. The Bertz CT molecular complexity index is 548. The molecule has 2 rings (SSSR count). The molecule has 102 valence electrons. The van der Waals surface area contributed by atoms with Crippen molar-refractivity contribution in [2.45, 2.75) is 32.9 Å².